The number of fused-ring (bicyclic) bond motifs is 1. The highest BCUT2D eigenvalue weighted by Crippen LogP contribution is 2.11. The fraction of sp³-hybridized carbons (Fsp3) is 0.261. The maximum atomic E-state index is 10.5. The van der Waals surface area contributed by atoms with Gasteiger partial charge in [0.15, 0.2) is 0 Å². The van der Waals surface area contributed by atoms with Gasteiger partial charge in [0.2, 0.25) is 5.91 Å². The Bertz CT molecular complexity index is 668. The number of carbonyl (C=O) groups is 1. The van der Waals surface area contributed by atoms with Crippen LogP contribution in [0.25, 0.3) is 10.8 Å². The lowest BCUT2D eigenvalue weighted by Gasteiger charge is -2.14. The van der Waals surface area contributed by atoms with Gasteiger partial charge in [-0.15, -0.1) is 0 Å². The largest absolute Gasteiger partial charge is 0.343 e. The van der Waals surface area contributed by atoms with Gasteiger partial charge in [-0.25, -0.2) is 0 Å². The summed E-state index contributed by atoms with van der Waals surface area (Å²) in [4.78, 5) is 12.3. The molecule has 0 heterocycles. The first-order valence-corrected chi connectivity index (χ1v) is 8.79. The molecule has 3 rings (SSSR count). The van der Waals surface area contributed by atoms with Crippen LogP contribution in [0.1, 0.15) is 26.3 Å². The van der Waals surface area contributed by atoms with Gasteiger partial charge in [-0.3, -0.25) is 4.79 Å². The van der Waals surface area contributed by atoms with Crippen molar-refractivity contribution in [3.63, 3.8) is 0 Å². The minimum absolute atomic E-state index is 0.162. The predicted octanol–water partition coefficient (Wildman–Crippen LogP) is 5.71. The molecule has 2 heteroatoms. The highest BCUT2D eigenvalue weighted by molar-refractivity contribution is 5.82. The second-order valence-electron chi connectivity index (χ2n) is 5.69. The summed E-state index contributed by atoms with van der Waals surface area (Å²) in [5.74, 6) is 0.162. The van der Waals surface area contributed by atoms with Crippen molar-refractivity contribution in [2.75, 3.05) is 13.1 Å². The molecule has 0 fully saturated rings. The van der Waals surface area contributed by atoms with Crippen LogP contribution in [0.3, 0.4) is 0 Å². The summed E-state index contributed by atoms with van der Waals surface area (Å²) in [5, 5.41) is 2.62. The molecule has 0 N–H and O–H groups in total. The number of rotatable bonds is 2. The SMILES string of the molecule is CCN(CC)C(C)=O.Cc1ccccc1.c1ccc2ccccc2c1. The minimum Gasteiger partial charge on any atom is -0.343 e. The second-order valence-corrected chi connectivity index (χ2v) is 5.69. The Morgan fingerprint density at radius 3 is 1.28 bits per heavy atom. The Kier molecular flexibility index (Phi) is 9.69. The van der Waals surface area contributed by atoms with Crippen molar-refractivity contribution in [1.82, 2.24) is 4.90 Å². The molecule has 3 aromatic carbocycles. The number of hydrogen-bond donors (Lipinski definition) is 0. The van der Waals surface area contributed by atoms with Crippen LogP contribution >= 0.6 is 0 Å². The third-order valence-electron chi connectivity index (χ3n) is 3.81. The lowest BCUT2D eigenvalue weighted by molar-refractivity contribution is -0.128. The molecule has 2 nitrogen and oxygen atoms in total. The van der Waals surface area contributed by atoms with E-state index in [4.69, 9.17) is 0 Å². The van der Waals surface area contributed by atoms with E-state index in [1.165, 1.54) is 16.3 Å². The average molecular weight is 335 g/mol. The monoisotopic (exact) mass is 335 g/mol. The molecule has 0 saturated carbocycles. The first-order valence-electron chi connectivity index (χ1n) is 8.79. The van der Waals surface area contributed by atoms with E-state index in [1.54, 1.807) is 11.8 Å². The molecule has 0 aromatic heterocycles. The number of carbonyl (C=O) groups excluding carboxylic acids is 1. The molecule has 25 heavy (non-hydrogen) atoms. The molecule has 0 radical (unpaired) electrons. The molecule has 0 aliphatic carbocycles. The quantitative estimate of drug-likeness (QED) is 0.587. The summed E-state index contributed by atoms with van der Waals surface area (Å²) < 4.78 is 0. The van der Waals surface area contributed by atoms with E-state index in [-0.39, 0.29) is 5.91 Å². The molecule has 0 spiro atoms. The summed E-state index contributed by atoms with van der Waals surface area (Å²) in [6, 6.07) is 27.0. The Morgan fingerprint density at radius 2 is 1.08 bits per heavy atom. The summed E-state index contributed by atoms with van der Waals surface area (Å²) >= 11 is 0. The van der Waals surface area contributed by atoms with Crippen LogP contribution in [0.5, 0.6) is 0 Å². The number of amides is 1. The average Bonchev–Trinajstić information content (AvgIpc) is 2.64. The van der Waals surface area contributed by atoms with Crippen molar-refractivity contribution in [3.05, 3.63) is 84.4 Å². The van der Waals surface area contributed by atoms with Crippen molar-refractivity contribution < 1.29 is 4.79 Å². The predicted molar refractivity (Wildman–Crippen MR) is 109 cm³/mol. The maximum absolute atomic E-state index is 10.5. The fourth-order valence-electron chi connectivity index (χ4n) is 2.34. The smallest absolute Gasteiger partial charge is 0.219 e. The topological polar surface area (TPSA) is 20.3 Å². The molecule has 0 aliphatic rings. The number of nitrogens with zero attached hydrogens (tertiary/aromatic N) is 1. The molecule has 0 atom stereocenters. The summed E-state index contributed by atoms with van der Waals surface area (Å²) in [6.07, 6.45) is 0. The zero-order valence-electron chi connectivity index (χ0n) is 15.8. The summed E-state index contributed by atoms with van der Waals surface area (Å²) in [5.41, 5.74) is 1.32. The van der Waals surface area contributed by atoms with E-state index in [2.05, 4.69) is 67.6 Å². The molecule has 3 aromatic rings. The molecule has 0 aliphatic heterocycles. The van der Waals surface area contributed by atoms with Gasteiger partial charge in [0.25, 0.3) is 0 Å². The molecule has 132 valence electrons. The van der Waals surface area contributed by atoms with E-state index >= 15 is 0 Å². The maximum Gasteiger partial charge on any atom is 0.219 e. The fourth-order valence-corrected chi connectivity index (χ4v) is 2.34. The van der Waals surface area contributed by atoms with Crippen LogP contribution < -0.4 is 0 Å². The lowest BCUT2D eigenvalue weighted by Crippen LogP contribution is -2.27. The Morgan fingerprint density at radius 1 is 0.720 bits per heavy atom. The Hall–Kier alpha value is -2.61. The van der Waals surface area contributed by atoms with Gasteiger partial charge in [0.1, 0.15) is 0 Å². The van der Waals surface area contributed by atoms with E-state index < -0.39 is 0 Å². The van der Waals surface area contributed by atoms with Crippen LogP contribution in [0, 0.1) is 6.92 Å². The molecular weight excluding hydrogens is 306 g/mol. The summed E-state index contributed by atoms with van der Waals surface area (Å²) in [6.45, 7) is 9.28. The van der Waals surface area contributed by atoms with E-state index in [0.717, 1.165) is 13.1 Å². The van der Waals surface area contributed by atoms with Crippen molar-refractivity contribution in [1.29, 1.82) is 0 Å². The van der Waals surface area contributed by atoms with Gasteiger partial charge in [0, 0.05) is 20.0 Å². The Balaban J connectivity index is 0.000000192. The summed E-state index contributed by atoms with van der Waals surface area (Å²) in [7, 11) is 0. The third kappa shape index (κ3) is 8.16. The van der Waals surface area contributed by atoms with Gasteiger partial charge in [-0.05, 0) is 31.5 Å². The number of aryl methyl sites for hydroxylation is 1. The van der Waals surface area contributed by atoms with Crippen LogP contribution in [-0.2, 0) is 4.79 Å². The second kappa shape index (κ2) is 11.9. The van der Waals surface area contributed by atoms with Crippen molar-refractivity contribution >= 4 is 16.7 Å². The molecular formula is C23H29NO. The van der Waals surface area contributed by atoms with Gasteiger partial charge < -0.3 is 4.90 Å². The minimum atomic E-state index is 0.162. The first kappa shape index (κ1) is 20.4. The molecule has 0 saturated heterocycles. The van der Waals surface area contributed by atoms with Gasteiger partial charge in [0.05, 0.1) is 0 Å². The van der Waals surface area contributed by atoms with Crippen molar-refractivity contribution in [2.24, 2.45) is 0 Å². The standard InChI is InChI=1S/C10H8.C7H8.C6H13NO/c1-2-6-10-8-4-3-7-9(10)5-1;1-7-5-3-2-4-6-7;1-4-7(5-2)6(3)8/h1-8H;2-6H,1H3;4-5H2,1-3H3. The zero-order valence-corrected chi connectivity index (χ0v) is 15.8. The highest BCUT2D eigenvalue weighted by atomic mass is 16.2. The first-order chi connectivity index (χ1) is 12.1. The van der Waals surface area contributed by atoms with Crippen molar-refractivity contribution in [3.8, 4) is 0 Å². The van der Waals surface area contributed by atoms with Crippen molar-refractivity contribution in [2.45, 2.75) is 27.7 Å². The highest BCUT2D eigenvalue weighted by Gasteiger charge is 1.99. The van der Waals surface area contributed by atoms with E-state index in [1.807, 2.05) is 32.0 Å². The van der Waals surface area contributed by atoms with Crippen LogP contribution in [0.2, 0.25) is 0 Å². The number of hydrogen-bond acceptors (Lipinski definition) is 1. The van der Waals surface area contributed by atoms with Crippen LogP contribution in [0.4, 0.5) is 0 Å². The van der Waals surface area contributed by atoms with Gasteiger partial charge in [-0.1, -0.05) is 84.4 Å². The zero-order chi connectivity index (χ0) is 18.5. The van der Waals surface area contributed by atoms with Crippen LogP contribution in [0.15, 0.2) is 78.9 Å². The molecule has 0 unspecified atom stereocenters. The van der Waals surface area contributed by atoms with Gasteiger partial charge in [-0.2, -0.15) is 0 Å². The normalized spacial score (nSPS) is 9.28. The lowest BCUT2D eigenvalue weighted by atomic mass is 10.1. The van der Waals surface area contributed by atoms with E-state index in [0.29, 0.717) is 0 Å². The number of benzene rings is 3. The third-order valence-corrected chi connectivity index (χ3v) is 3.81. The van der Waals surface area contributed by atoms with Crippen LogP contribution in [-0.4, -0.2) is 23.9 Å². The van der Waals surface area contributed by atoms with Gasteiger partial charge >= 0.3 is 0 Å². The molecule has 1 amide bonds. The van der Waals surface area contributed by atoms with E-state index in [9.17, 15) is 4.79 Å². The Labute approximate surface area is 152 Å². The molecule has 0 bridgehead atoms.